The minimum atomic E-state index is 0.174. The van der Waals surface area contributed by atoms with Crippen molar-refractivity contribution in [1.82, 2.24) is 14.8 Å². The van der Waals surface area contributed by atoms with Crippen molar-refractivity contribution < 1.29 is 9.53 Å². The van der Waals surface area contributed by atoms with Gasteiger partial charge in [0.15, 0.2) is 0 Å². The minimum absolute atomic E-state index is 0.174. The Labute approximate surface area is 161 Å². The van der Waals surface area contributed by atoms with Crippen LogP contribution in [-0.2, 0) is 4.79 Å². The molecule has 142 valence electrons. The first-order chi connectivity index (χ1) is 13.3. The Balaban J connectivity index is 1.22. The monoisotopic (exact) mass is 365 g/mol. The summed E-state index contributed by atoms with van der Waals surface area (Å²) in [7, 11) is 0. The lowest BCUT2D eigenvalue weighted by molar-refractivity contribution is -0.134. The Morgan fingerprint density at radius 2 is 1.85 bits per heavy atom. The normalized spacial score (nSPS) is 21.3. The number of ether oxygens (including phenoxy) is 1. The summed E-state index contributed by atoms with van der Waals surface area (Å²) in [4.78, 5) is 21.1. The summed E-state index contributed by atoms with van der Waals surface area (Å²) >= 11 is 0. The Morgan fingerprint density at radius 3 is 2.59 bits per heavy atom. The number of amides is 1. The van der Waals surface area contributed by atoms with Gasteiger partial charge in [0, 0.05) is 38.7 Å². The van der Waals surface area contributed by atoms with Gasteiger partial charge in [0.1, 0.15) is 11.9 Å². The number of carbonyl (C=O) groups is 1. The number of rotatable bonds is 5. The van der Waals surface area contributed by atoms with Crippen LogP contribution in [0.3, 0.4) is 0 Å². The lowest BCUT2D eigenvalue weighted by Gasteiger charge is -2.33. The summed E-state index contributed by atoms with van der Waals surface area (Å²) in [6, 6.07) is 14.5. The summed E-state index contributed by atoms with van der Waals surface area (Å²) in [6.07, 6.45) is 6.56. The summed E-state index contributed by atoms with van der Waals surface area (Å²) in [5.74, 6) is 1.62. The van der Waals surface area contributed by atoms with Crippen LogP contribution in [0.2, 0.25) is 0 Å². The molecule has 5 heteroatoms. The van der Waals surface area contributed by atoms with E-state index in [0.717, 1.165) is 51.2 Å². The van der Waals surface area contributed by atoms with Crippen molar-refractivity contribution >= 4 is 5.91 Å². The van der Waals surface area contributed by atoms with Gasteiger partial charge in [-0.2, -0.15) is 0 Å². The topological polar surface area (TPSA) is 45.7 Å². The van der Waals surface area contributed by atoms with E-state index < -0.39 is 0 Å². The molecule has 2 aliphatic rings. The number of piperidine rings is 1. The molecular weight excluding hydrogens is 338 g/mol. The van der Waals surface area contributed by atoms with Crippen molar-refractivity contribution in [3.63, 3.8) is 0 Å². The molecule has 2 saturated heterocycles. The van der Waals surface area contributed by atoms with Crippen LogP contribution in [0, 0.1) is 0 Å². The predicted octanol–water partition coefficient (Wildman–Crippen LogP) is 2.94. The first-order valence-electron chi connectivity index (χ1n) is 9.90. The molecule has 2 aliphatic heterocycles. The van der Waals surface area contributed by atoms with E-state index in [1.165, 1.54) is 5.56 Å². The summed E-state index contributed by atoms with van der Waals surface area (Å²) < 4.78 is 5.97. The summed E-state index contributed by atoms with van der Waals surface area (Å²) in [6.45, 7) is 4.08. The number of hydrogen-bond acceptors (Lipinski definition) is 4. The van der Waals surface area contributed by atoms with Crippen molar-refractivity contribution in [1.29, 1.82) is 0 Å². The third-order valence-electron chi connectivity index (χ3n) is 5.63. The van der Waals surface area contributed by atoms with Gasteiger partial charge in [0.2, 0.25) is 5.91 Å². The summed E-state index contributed by atoms with van der Waals surface area (Å²) in [5.41, 5.74) is 1.39. The largest absolute Gasteiger partial charge is 0.489 e. The number of aromatic nitrogens is 1. The zero-order chi connectivity index (χ0) is 18.5. The quantitative estimate of drug-likeness (QED) is 0.817. The van der Waals surface area contributed by atoms with Gasteiger partial charge in [-0.05, 0) is 36.6 Å². The SMILES string of the molecule is O=C(CN1CC[C@H](c2ccccc2)C1)N1CCC(Oc2cccnc2)CC1. The van der Waals surface area contributed by atoms with Gasteiger partial charge in [0.05, 0.1) is 12.7 Å². The molecule has 27 heavy (non-hydrogen) atoms. The molecule has 2 fully saturated rings. The fourth-order valence-electron chi connectivity index (χ4n) is 4.10. The van der Waals surface area contributed by atoms with Crippen LogP contribution in [0.15, 0.2) is 54.9 Å². The Kier molecular flexibility index (Phi) is 5.68. The van der Waals surface area contributed by atoms with Crippen LogP contribution in [0.25, 0.3) is 0 Å². The Bertz CT molecular complexity index is 730. The zero-order valence-electron chi connectivity index (χ0n) is 15.7. The zero-order valence-corrected chi connectivity index (χ0v) is 15.7. The van der Waals surface area contributed by atoms with E-state index in [2.05, 4.69) is 40.2 Å². The molecule has 0 bridgehead atoms. The van der Waals surface area contributed by atoms with Crippen LogP contribution in [0.4, 0.5) is 0 Å². The fourth-order valence-corrected chi connectivity index (χ4v) is 4.10. The third kappa shape index (κ3) is 4.66. The minimum Gasteiger partial charge on any atom is -0.489 e. The number of nitrogens with zero attached hydrogens (tertiary/aromatic N) is 3. The molecule has 1 aromatic carbocycles. The number of likely N-dealkylation sites (tertiary alicyclic amines) is 2. The molecular formula is C22H27N3O2. The number of carbonyl (C=O) groups excluding carboxylic acids is 1. The molecule has 3 heterocycles. The second kappa shape index (κ2) is 8.53. The number of hydrogen-bond donors (Lipinski definition) is 0. The van der Waals surface area contributed by atoms with Crippen LogP contribution in [0.1, 0.15) is 30.7 Å². The smallest absolute Gasteiger partial charge is 0.236 e. The predicted molar refractivity (Wildman–Crippen MR) is 105 cm³/mol. The van der Waals surface area contributed by atoms with E-state index in [9.17, 15) is 4.79 Å². The highest BCUT2D eigenvalue weighted by Crippen LogP contribution is 2.27. The third-order valence-corrected chi connectivity index (χ3v) is 5.63. The number of pyridine rings is 1. The van der Waals surface area contributed by atoms with Crippen molar-refractivity contribution in [2.45, 2.75) is 31.3 Å². The van der Waals surface area contributed by atoms with E-state index in [0.29, 0.717) is 12.5 Å². The highest BCUT2D eigenvalue weighted by atomic mass is 16.5. The lowest BCUT2D eigenvalue weighted by atomic mass is 9.99. The highest BCUT2D eigenvalue weighted by molar-refractivity contribution is 5.78. The number of benzene rings is 1. The van der Waals surface area contributed by atoms with Gasteiger partial charge < -0.3 is 9.64 Å². The Hall–Kier alpha value is -2.40. The maximum absolute atomic E-state index is 12.7. The average Bonchev–Trinajstić information content (AvgIpc) is 3.18. The van der Waals surface area contributed by atoms with Crippen LogP contribution >= 0.6 is 0 Å². The second-order valence-corrected chi connectivity index (χ2v) is 7.52. The van der Waals surface area contributed by atoms with Gasteiger partial charge in [-0.25, -0.2) is 0 Å². The van der Waals surface area contributed by atoms with E-state index in [1.54, 1.807) is 12.4 Å². The van der Waals surface area contributed by atoms with Gasteiger partial charge in [0.25, 0.3) is 0 Å². The van der Waals surface area contributed by atoms with E-state index in [1.807, 2.05) is 17.0 Å². The lowest BCUT2D eigenvalue weighted by Crippen LogP contribution is -2.45. The molecule has 1 amide bonds. The first kappa shape index (κ1) is 18.0. The van der Waals surface area contributed by atoms with E-state index in [-0.39, 0.29) is 12.0 Å². The van der Waals surface area contributed by atoms with Crippen molar-refractivity contribution in [2.75, 3.05) is 32.7 Å². The van der Waals surface area contributed by atoms with Crippen LogP contribution in [0.5, 0.6) is 5.75 Å². The van der Waals surface area contributed by atoms with Crippen molar-refractivity contribution in [3.05, 3.63) is 60.4 Å². The molecule has 0 spiro atoms. The molecule has 0 aliphatic carbocycles. The molecule has 5 nitrogen and oxygen atoms in total. The van der Waals surface area contributed by atoms with Crippen molar-refractivity contribution in [3.8, 4) is 5.75 Å². The van der Waals surface area contributed by atoms with Gasteiger partial charge >= 0.3 is 0 Å². The highest BCUT2D eigenvalue weighted by Gasteiger charge is 2.29. The second-order valence-electron chi connectivity index (χ2n) is 7.52. The summed E-state index contributed by atoms with van der Waals surface area (Å²) in [5, 5.41) is 0. The van der Waals surface area contributed by atoms with Gasteiger partial charge in [-0.1, -0.05) is 30.3 Å². The molecule has 2 aromatic rings. The van der Waals surface area contributed by atoms with Crippen molar-refractivity contribution in [2.24, 2.45) is 0 Å². The molecule has 1 aromatic heterocycles. The van der Waals surface area contributed by atoms with E-state index in [4.69, 9.17) is 4.74 Å². The first-order valence-corrected chi connectivity index (χ1v) is 9.90. The van der Waals surface area contributed by atoms with Crippen LogP contribution < -0.4 is 4.74 Å². The molecule has 0 unspecified atom stereocenters. The fraction of sp³-hybridized carbons (Fsp3) is 0.455. The average molecular weight is 365 g/mol. The maximum atomic E-state index is 12.7. The molecule has 0 saturated carbocycles. The molecule has 0 N–H and O–H groups in total. The molecule has 4 rings (SSSR count). The molecule has 1 atom stereocenters. The van der Waals surface area contributed by atoms with Gasteiger partial charge in [-0.15, -0.1) is 0 Å². The van der Waals surface area contributed by atoms with Gasteiger partial charge in [-0.3, -0.25) is 14.7 Å². The van der Waals surface area contributed by atoms with Crippen LogP contribution in [-0.4, -0.2) is 59.5 Å². The Morgan fingerprint density at radius 1 is 1.04 bits per heavy atom. The maximum Gasteiger partial charge on any atom is 0.236 e. The molecule has 0 radical (unpaired) electrons. The van der Waals surface area contributed by atoms with E-state index >= 15 is 0 Å². The standard InChI is InChI=1S/C22H27N3O2/c26-22(17-24-12-8-19(16-24)18-5-2-1-3-6-18)25-13-9-20(10-14-25)27-21-7-4-11-23-15-21/h1-7,11,15,19-20H,8-10,12-14,16-17H2/t19-/m0/s1.